The molecule has 1 rings (SSSR count). The number of ketones is 1. The minimum Gasteiger partial charge on any atom is -0.295 e. The first-order valence-electron chi connectivity index (χ1n) is 4.60. The Kier molecular flexibility index (Phi) is 3.18. The van der Waals surface area contributed by atoms with Crippen LogP contribution in [-0.4, -0.2) is 12.1 Å². The second kappa shape index (κ2) is 4.18. The van der Waals surface area contributed by atoms with Crippen LogP contribution in [0.1, 0.15) is 25.8 Å². The number of benzene rings is 1. The quantitative estimate of drug-likeness (QED) is 0.538. The molecule has 0 saturated carbocycles. The molecule has 0 saturated heterocycles. The molecule has 0 unspecified atom stereocenters. The molecule has 0 fully saturated rings. The van der Waals surface area contributed by atoms with E-state index in [2.05, 4.69) is 0 Å². The van der Waals surface area contributed by atoms with E-state index in [-0.39, 0.29) is 17.6 Å². The van der Waals surface area contributed by atoms with E-state index in [4.69, 9.17) is 0 Å². The average Bonchev–Trinajstić information content (AvgIpc) is 2.18. The standard InChI is InChI=1S/C12H14O2/c1-12(2,8-11(14)9-13)10-6-4-3-5-7-10/h3-7,9H,8H2,1-2H3. The van der Waals surface area contributed by atoms with Crippen molar-refractivity contribution in [1.82, 2.24) is 0 Å². The topological polar surface area (TPSA) is 34.1 Å². The molecule has 0 aliphatic carbocycles. The largest absolute Gasteiger partial charge is 0.295 e. The third kappa shape index (κ3) is 2.52. The summed E-state index contributed by atoms with van der Waals surface area (Å²) in [6.07, 6.45) is 0.658. The molecule has 0 radical (unpaired) electrons. The van der Waals surface area contributed by atoms with E-state index >= 15 is 0 Å². The van der Waals surface area contributed by atoms with Gasteiger partial charge < -0.3 is 0 Å². The number of Topliss-reactive ketones (excluding diaryl/α,β-unsaturated/α-hetero) is 1. The van der Waals surface area contributed by atoms with E-state index in [0.717, 1.165) is 5.56 Å². The molecule has 1 aromatic carbocycles. The summed E-state index contributed by atoms with van der Waals surface area (Å²) in [6.45, 7) is 3.92. The summed E-state index contributed by atoms with van der Waals surface area (Å²) in [5.41, 5.74) is 0.814. The highest BCUT2D eigenvalue weighted by atomic mass is 16.2. The second-order valence-electron chi connectivity index (χ2n) is 4.01. The summed E-state index contributed by atoms with van der Waals surface area (Å²) in [7, 11) is 0. The van der Waals surface area contributed by atoms with Gasteiger partial charge in [-0.2, -0.15) is 0 Å². The first kappa shape index (κ1) is 10.6. The van der Waals surface area contributed by atoms with E-state index in [1.807, 2.05) is 44.2 Å². The lowest BCUT2D eigenvalue weighted by Gasteiger charge is -2.23. The normalized spacial score (nSPS) is 11.0. The highest BCUT2D eigenvalue weighted by Gasteiger charge is 2.23. The van der Waals surface area contributed by atoms with Crippen molar-refractivity contribution in [2.24, 2.45) is 0 Å². The van der Waals surface area contributed by atoms with E-state index < -0.39 is 0 Å². The van der Waals surface area contributed by atoms with Crippen molar-refractivity contribution in [3.8, 4) is 0 Å². The van der Waals surface area contributed by atoms with E-state index in [1.165, 1.54) is 0 Å². The lowest BCUT2D eigenvalue weighted by Crippen LogP contribution is -2.22. The molecular weight excluding hydrogens is 176 g/mol. The molecule has 2 heteroatoms. The van der Waals surface area contributed by atoms with Gasteiger partial charge in [0.1, 0.15) is 0 Å². The Labute approximate surface area is 83.9 Å². The Morgan fingerprint density at radius 1 is 1.29 bits per heavy atom. The molecule has 2 nitrogen and oxygen atoms in total. The summed E-state index contributed by atoms with van der Waals surface area (Å²) in [6, 6.07) is 9.74. The van der Waals surface area contributed by atoms with Crippen LogP contribution in [0.15, 0.2) is 30.3 Å². The van der Waals surface area contributed by atoms with Gasteiger partial charge in [0.2, 0.25) is 0 Å². The summed E-state index contributed by atoms with van der Waals surface area (Å²) in [4.78, 5) is 21.3. The fourth-order valence-corrected chi connectivity index (χ4v) is 1.47. The number of rotatable bonds is 4. The molecule has 74 valence electrons. The lowest BCUT2D eigenvalue weighted by atomic mass is 9.80. The molecule has 0 amide bonds. The van der Waals surface area contributed by atoms with Crippen LogP contribution >= 0.6 is 0 Å². The van der Waals surface area contributed by atoms with Gasteiger partial charge in [0.05, 0.1) is 0 Å². The van der Waals surface area contributed by atoms with Crippen molar-refractivity contribution in [1.29, 1.82) is 0 Å². The number of hydrogen-bond acceptors (Lipinski definition) is 2. The highest BCUT2D eigenvalue weighted by Crippen LogP contribution is 2.26. The lowest BCUT2D eigenvalue weighted by molar-refractivity contribution is -0.130. The number of aldehydes is 1. The average molecular weight is 190 g/mol. The van der Waals surface area contributed by atoms with Crippen LogP contribution in [0.25, 0.3) is 0 Å². The van der Waals surface area contributed by atoms with Crippen LogP contribution in [0.5, 0.6) is 0 Å². The van der Waals surface area contributed by atoms with Crippen LogP contribution in [0, 0.1) is 0 Å². The molecule has 0 bridgehead atoms. The molecule has 0 aliphatic rings. The fourth-order valence-electron chi connectivity index (χ4n) is 1.47. The predicted octanol–water partition coefficient (Wildman–Crippen LogP) is 2.12. The molecule has 0 aliphatic heterocycles. The number of carbonyl (C=O) groups is 2. The molecule has 0 aromatic heterocycles. The molecule has 14 heavy (non-hydrogen) atoms. The van der Waals surface area contributed by atoms with Gasteiger partial charge in [-0.3, -0.25) is 9.59 Å². The maximum absolute atomic E-state index is 11.0. The molecule has 0 spiro atoms. The monoisotopic (exact) mass is 190 g/mol. The van der Waals surface area contributed by atoms with E-state index in [0.29, 0.717) is 6.29 Å². The smallest absolute Gasteiger partial charge is 0.196 e. The van der Waals surface area contributed by atoms with Gasteiger partial charge in [-0.15, -0.1) is 0 Å². The Morgan fingerprint density at radius 3 is 2.36 bits per heavy atom. The predicted molar refractivity (Wildman–Crippen MR) is 55.2 cm³/mol. The Bertz CT molecular complexity index is 325. The third-order valence-corrected chi connectivity index (χ3v) is 2.30. The minimum absolute atomic E-state index is 0.264. The SMILES string of the molecule is CC(C)(CC(=O)C=O)c1ccccc1. The van der Waals surface area contributed by atoms with Crippen molar-refractivity contribution in [3.63, 3.8) is 0 Å². The van der Waals surface area contributed by atoms with Gasteiger partial charge >= 0.3 is 0 Å². The number of hydrogen-bond donors (Lipinski definition) is 0. The van der Waals surface area contributed by atoms with Gasteiger partial charge in [0.15, 0.2) is 12.1 Å². The second-order valence-corrected chi connectivity index (χ2v) is 4.01. The van der Waals surface area contributed by atoms with Crippen molar-refractivity contribution >= 4 is 12.1 Å². The maximum Gasteiger partial charge on any atom is 0.196 e. The molecule has 0 atom stereocenters. The first-order valence-corrected chi connectivity index (χ1v) is 4.60. The van der Waals surface area contributed by atoms with Crippen LogP contribution in [0.4, 0.5) is 0 Å². The fraction of sp³-hybridized carbons (Fsp3) is 0.333. The zero-order valence-electron chi connectivity index (χ0n) is 8.49. The van der Waals surface area contributed by atoms with E-state index in [9.17, 15) is 9.59 Å². The molecule has 1 aromatic rings. The van der Waals surface area contributed by atoms with E-state index in [1.54, 1.807) is 0 Å². The molecule has 0 N–H and O–H groups in total. The minimum atomic E-state index is -0.348. The highest BCUT2D eigenvalue weighted by molar-refractivity contribution is 6.25. The molecular formula is C12H14O2. The zero-order chi connectivity index (χ0) is 10.6. The molecule has 0 heterocycles. The van der Waals surface area contributed by atoms with Gasteiger partial charge in [-0.05, 0) is 11.0 Å². The summed E-state index contributed by atoms with van der Waals surface area (Å²) in [5.74, 6) is -0.348. The number of carbonyl (C=O) groups excluding carboxylic acids is 2. The summed E-state index contributed by atoms with van der Waals surface area (Å²) >= 11 is 0. The first-order chi connectivity index (χ1) is 6.56. The van der Waals surface area contributed by atoms with Crippen LogP contribution in [0.2, 0.25) is 0 Å². The van der Waals surface area contributed by atoms with Crippen molar-refractivity contribution in [3.05, 3.63) is 35.9 Å². The Hall–Kier alpha value is -1.44. The zero-order valence-corrected chi connectivity index (χ0v) is 8.49. The van der Waals surface area contributed by atoms with Crippen LogP contribution in [-0.2, 0) is 15.0 Å². The van der Waals surface area contributed by atoms with Crippen molar-refractivity contribution < 1.29 is 9.59 Å². The van der Waals surface area contributed by atoms with Gasteiger partial charge in [0, 0.05) is 6.42 Å². The van der Waals surface area contributed by atoms with Gasteiger partial charge in [-0.1, -0.05) is 44.2 Å². The Morgan fingerprint density at radius 2 is 1.86 bits per heavy atom. The van der Waals surface area contributed by atoms with Crippen LogP contribution < -0.4 is 0 Å². The van der Waals surface area contributed by atoms with Crippen molar-refractivity contribution in [2.75, 3.05) is 0 Å². The van der Waals surface area contributed by atoms with Gasteiger partial charge in [-0.25, -0.2) is 0 Å². The summed E-state index contributed by atoms with van der Waals surface area (Å²) in [5, 5.41) is 0. The van der Waals surface area contributed by atoms with Gasteiger partial charge in [0.25, 0.3) is 0 Å². The van der Waals surface area contributed by atoms with Crippen LogP contribution in [0.3, 0.4) is 0 Å². The maximum atomic E-state index is 11.0. The van der Waals surface area contributed by atoms with Crippen molar-refractivity contribution in [2.45, 2.75) is 25.7 Å². The third-order valence-electron chi connectivity index (χ3n) is 2.30. The summed E-state index contributed by atoms with van der Waals surface area (Å²) < 4.78 is 0. The Balaban J connectivity index is 2.85.